The fraction of sp³-hybridized carbons (Fsp3) is 0.200. The smallest absolute Gasteiger partial charge is 0.164 e. The molecule has 12 rings (SSSR count). The van der Waals surface area contributed by atoms with Gasteiger partial charge >= 0.3 is 0 Å². The molecule has 5 aliphatic rings. The topological polar surface area (TPSA) is 62.5 Å². The van der Waals surface area contributed by atoms with E-state index in [1.54, 1.807) is 0 Å². The molecule has 4 bridgehead atoms. The molecule has 258 valence electrons. The predicted octanol–water partition coefficient (Wildman–Crippen LogP) is 11.8. The van der Waals surface area contributed by atoms with Crippen molar-refractivity contribution in [3.05, 3.63) is 162 Å². The van der Waals surface area contributed by atoms with Gasteiger partial charge in [0.25, 0.3) is 0 Å². The van der Waals surface area contributed by atoms with Crippen molar-refractivity contribution < 1.29 is 0 Å². The van der Waals surface area contributed by atoms with Crippen LogP contribution in [0.3, 0.4) is 0 Å². The summed E-state index contributed by atoms with van der Waals surface area (Å²) in [4.78, 5) is 15.3. The summed E-state index contributed by atoms with van der Waals surface area (Å²) >= 11 is 0. The summed E-state index contributed by atoms with van der Waals surface area (Å²) < 4.78 is 0. The van der Waals surface area contributed by atoms with Crippen molar-refractivity contribution in [1.29, 1.82) is 5.26 Å². The Morgan fingerprint density at radius 3 is 1.44 bits per heavy atom. The second-order valence-electron chi connectivity index (χ2n) is 16.0. The maximum Gasteiger partial charge on any atom is 0.164 e. The van der Waals surface area contributed by atoms with Crippen LogP contribution in [-0.2, 0) is 5.41 Å². The van der Waals surface area contributed by atoms with E-state index in [4.69, 9.17) is 15.0 Å². The molecule has 7 aromatic rings. The van der Waals surface area contributed by atoms with Gasteiger partial charge in [-0.3, -0.25) is 0 Å². The average Bonchev–Trinajstić information content (AvgIpc) is 3.53. The Bertz CT molecular complexity index is 2520. The second-order valence-corrected chi connectivity index (χ2v) is 16.0. The average molecular weight is 695 g/mol. The van der Waals surface area contributed by atoms with Gasteiger partial charge in [0.2, 0.25) is 0 Å². The first kappa shape index (κ1) is 31.4. The zero-order chi connectivity index (χ0) is 35.8. The number of nitriles is 1. The van der Waals surface area contributed by atoms with Crippen molar-refractivity contribution in [2.24, 2.45) is 23.7 Å². The number of rotatable bonds is 5. The number of hydrogen-bond donors (Lipinski definition) is 0. The molecule has 1 heterocycles. The van der Waals surface area contributed by atoms with Crippen molar-refractivity contribution in [2.75, 3.05) is 0 Å². The predicted molar refractivity (Wildman–Crippen MR) is 215 cm³/mol. The highest BCUT2D eigenvalue weighted by Crippen LogP contribution is 2.70. The van der Waals surface area contributed by atoms with Crippen LogP contribution >= 0.6 is 0 Å². The van der Waals surface area contributed by atoms with Crippen molar-refractivity contribution in [3.8, 4) is 73.6 Å². The van der Waals surface area contributed by atoms with Crippen LogP contribution in [0.25, 0.3) is 67.5 Å². The molecule has 4 heteroatoms. The van der Waals surface area contributed by atoms with E-state index in [0.29, 0.717) is 29.3 Å². The largest absolute Gasteiger partial charge is 0.208 e. The van der Waals surface area contributed by atoms with Crippen LogP contribution in [0.15, 0.2) is 146 Å². The first-order chi connectivity index (χ1) is 26.7. The summed E-state index contributed by atoms with van der Waals surface area (Å²) in [5, 5.41) is 11.0. The van der Waals surface area contributed by atoms with Gasteiger partial charge in [0.1, 0.15) is 0 Å². The Balaban J connectivity index is 1.10. The van der Waals surface area contributed by atoms with Crippen LogP contribution in [0.2, 0.25) is 0 Å². The third kappa shape index (κ3) is 4.78. The highest BCUT2D eigenvalue weighted by Gasteiger charge is 2.62. The highest BCUT2D eigenvalue weighted by atomic mass is 15.0. The first-order valence-corrected chi connectivity index (χ1v) is 19.4. The Hall–Kier alpha value is -6.18. The van der Waals surface area contributed by atoms with Crippen LogP contribution in [0, 0.1) is 35.0 Å². The zero-order valence-electron chi connectivity index (χ0n) is 30.0. The van der Waals surface area contributed by atoms with E-state index in [2.05, 4.69) is 115 Å². The Kier molecular flexibility index (Phi) is 7.07. The Labute approximate surface area is 316 Å². The van der Waals surface area contributed by atoms with Crippen molar-refractivity contribution in [3.63, 3.8) is 0 Å². The monoisotopic (exact) mass is 694 g/mol. The summed E-state index contributed by atoms with van der Waals surface area (Å²) in [6.07, 6.45) is 6.34. The third-order valence-electron chi connectivity index (χ3n) is 13.1. The summed E-state index contributed by atoms with van der Waals surface area (Å²) in [7, 11) is 0. The molecule has 54 heavy (non-hydrogen) atoms. The van der Waals surface area contributed by atoms with E-state index in [-0.39, 0.29) is 5.41 Å². The lowest BCUT2D eigenvalue weighted by Crippen LogP contribution is -2.55. The van der Waals surface area contributed by atoms with Crippen LogP contribution in [0.1, 0.15) is 48.8 Å². The van der Waals surface area contributed by atoms with Crippen LogP contribution in [0.5, 0.6) is 0 Å². The molecule has 0 N–H and O–H groups in total. The third-order valence-corrected chi connectivity index (χ3v) is 13.1. The van der Waals surface area contributed by atoms with Gasteiger partial charge in [0.05, 0.1) is 11.6 Å². The van der Waals surface area contributed by atoms with Gasteiger partial charge in [-0.05, 0) is 118 Å². The number of nitrogens with zero attached hydrogens (tertiary/aromatic N) is 4. The molecule has 4 saturated carbocycles. The van der Waals surface area contributed by atoms with Gasteiger partial charge in [-0.25, -0.2) is 15.0 Å². The standard InChI is InChI=1S/C50H38N4/c51-30-40-27-39(35-18-16-34(17-19-35)33-10-4-1-5-11-33)28-44-43-21-20-38(29-45(43)50(46(40)44)41-23-31-22-32(25-41)26-42(50)24-31)49-53-47(36-12-6-2-7-13-36)52-48(54-49)37-14-8-3-9-15-37/h1-21,27-29,31-32,41-42H,22-26H2. The molecule has 4 nitrogen and oxygen atoms in total. The lowest BCUT2D eigenvalue weighted by molar-refractivity contribution is -0.0400. The Morgan fingerprint density at radius 2 is 0.907 bits per heavy atom. The molecule has 4 fully saturated rings. The summed E-state index contributed by atoms with van der Waals surface area (Å²) in [5.74, 6) is 4.65. The fourth-order valence-corrected chi connectivity index (χ4v) is 11.1. The first-order valence-electron chi connectivity index (χ1n) is 19.4. The molecular weight excluding hydrogens is 657 g/mol. The Morgan fingerprint density at radius 1 is 0.444 bits per heavy atom. The molecule has 5 aliphatic carbocycles. The van der Waals surface area contributed by atoms with E-state index in [0.717, 1.165) is 45.2 Å². The quantitative estimate of drug-likeness (QED) is 0.180. The molecule has 0 saturated heterocycles. The van der Waals surface area contributed by atoms with Crippen LogP contribution < -0.4 is 0 Å². The van der Waals surface area contributed by atoms with Gasteiger partial charge < -0.3 is 0 Å². The molecule has 1 spiro atoms. The van der Waals surface area contributed by atoms with E-state index in [1.807, 2.05) is 36.4 Å². The minimum atomic E-state index is -0.188. The SMILES string of the molecule is N#Cc1cc(-c2ccc(-c3ccccc3)cc2)cc2c1C1(c3cc(-c4nc(-c5ccccc5)nc(-c5ccccc5)n4)ccc3-2)C2CC3CC(C2)CC1C3. The zero-order valence-corrected chi connectivity index (χ0v) is 30.0. The van der Waals surface area contributed by atoms with Crippen LogP contribution in [-0.4, -0.2) is 15.0 Å². The van der Waals surface area contributed by atoms with Gasteiger partial charge in [-0.2, -0.15) is 5.26 Å². The molecule has 6 aromatic carbocycles. The normalized spacial score (nSPS) is 22.9. The minimum Gasteiger partial charge on any atom is -0.208 e. The van der Waals surface area contributed by atoms with Gasteiger partial charge in [0.15, 0.2) is 17.5 Å². The number of benzene rings is 6. The fourth-order valence-electron chi connectivity index (χ4n) is 11.1. The van der Waals surface area contributed by atoms with Crippen molar-refractivity contribution in [1.82, 2.24) is 15.0 Å². The van der Waals surface area contributed by atoms with Gasteiger partial charge in [-0.1, -0.05) is 127 Å². The summed E-state index contributed by atoms with van der Waals surface area (Å²) in [5.41, 5.74) is 13.3. The van der Waals surface area contributed by atoms with Gasteiger partial charge in [-0.15, -0.1) is 0 Å². The number of aromatic nitrogens is 3. The minimum absolute atomic E-state index is 0.188. The summed E-state index contributed by atoms with van der Waals surface area (Å²) in [6.45, 7) is 0. The molecule has 0 atom stereocenters. The lowest BCUT2D eigenvalue weighted by Gasteiger charge is -2.61. The molecule has 0 unspecified atom stereocenters. The maximum absolute atomic E-state index is 11.0. The van der Waals surface area contributed by atoms with Crippen LogP contribution in [0.4, 0.5) is 0 Å². The maximum atomic E-state index is 11.0. The number of fused-ring (bicyclic) bond motifs is 3. The van der Waals surface area contributed by atoms with Crippen molar-refractivity contribution in [2.45, 2.75) is 37.5 Å². The number of hydrogen-bond acceptors (Lipinski definition) is 4. The van der Waals surface area contributed by atoms with E-state index >= 15 is 0 Å². The molecule has 1 aromatic heterocycles. The second kappa shape index (κ2) is 12.2. The molecule has 0 radical (unpaired) electrons. The molecular formula is C50H38N4. The van der Waals surface area contributed by atoms with Crippen molar-refractivity contribution >= 4 is 0 Å². The highest BCUT2D eigenvalue weighted by molar-refractivity contribution is 5.89. The van der Waals surface area contributed by atoms with E-state index < -0.39 is 0 Å². The molecule has 0 amide bonds. The van der Waals surface area contributed by atoms with Gasteiger partial charge in [0, 0.05) is 22.1 Å². The van der Waals surface area contributed by atoms with E-state index in [9.17, 15) is 5.26 Å². The lowest BCUT2D eigenvalue weighted by atomic mass is 9.43. The molecule has 0 aliphatic heterocycles. The van der Waals surface area contributed by atoms with E-state index in [1.165, 1.54) is 65.5 Å². The summed E-state index contributed by atoms with van der Waals surface area (Å²) in [6, 6.07) is 54.0.